The van der Waals surface area contributed by atoms with Crippen molar-refractivity contribution < 1.29 is 23.5 Å². The topological polar surface area (TPSA) is 75.7 Å². The number of hydrogen-bond acceptors (Lipinski definition) is 4. The predicted molar refractivity (Wildman–Crippen MR) is 102 cm³/mol. The molecule has 1 aliphatic rings. The third kappa shape index (κ3) is 3.51. The van der Waals surface area contributed by atoms with Crippen LogP contribution in [0.2, 0.25) is 0 Å². The molecule has 3 rings (SSSR count). The number of imide groups is 1. The normalized spacial score (nSPS) is 14.6. The minimum Gasteiger partial charge on any atom is -0.495 e. The minimum absolute atomic E-state index is 0.158. The Balaban J connectivity index is 2.15. The van der Waals surface area contributed by atoms with Gasteiger partial charge < -0.3 is 10.1 Å². The van der Waals surface area contributed by atoms with Gasteiger partial charge in [0.2, 0.25) is 11.8 Å². The largest absolute Gasteiger partial charge is 0.495 e. The summed E-state index contributed by atoms with van der Waals surface area (Å²) in [6, 6.07) is 11.0. The first kappa shape index (κ1) is 19.3. The van der Waals surface area contributed by atoms with Crippen LogP contribution in [0.15, 0.2) is 42.5 Å². The monoisotopic (exact) mass is 382 g/mol. The van der Waals surface area contributed by atoms with Crippen molar-refractivity contribution in [3.8, 4) is 0 Å². The van der Waals surface area contributed by atoms with Crippen LogP contribution >= 0.6 is 0 Å². The lowest BCUT2D eigenvalue weighted by Gasteiger charge is -2.13. The van der Waals surface area contributed by atoms with E-state index in [-0.39, 0.29) is 22.9 Å². The van der Waals surface area contributed by atoms with E-state index < -0.39 is 17.6 Å². The number of hydrogen-bond donors (Lipinski definition) is 1. The van der Waals surface area contributed by atoms with Crippen LogP contribution in [0.25, 0.3) is 11.3 Å². The Morgan fingerprint density at radius 3 is 2.54 bits per heavy atom. The van der Waals surface area contributed by atoms with Crippen molar-refractivity contribution in [2.75, 3.05) is 12.0 Å². The Morgan fingerprint density at radius 1 is 1.14 bits per heavy atom. The lowest BCUT2D eigenvalue weighted by molar-refractivity contribution is -0.122. The van der Waals surface area contributed by atoms with Crippen LogP contribution in [0.3, 0.4) is 0 Å². The van der Waals surface area contributed by atoms with E-state index in [2.05, 4.69) is 5.32 Å². The highest BCUT2D eigenvalue weighted by Gasteiger charge is 2.38. The van der Waals surface area contributed by atoms with E-state index in [4.69, 9.17) is 4.74 Å². The maximum absolute atomic E-state index is 13.7. The van der Waals surface area contributed by atoms with Gasteiger partial charge in [-0.05, 0) is 29.8 Å². The summed E-state index contributed by atoms with van der Waals surface area (Å²) in [5.74, 6) is -1.52. The third-order valence-corrected chi connectivity index (χ3v) is 4.36. The fourth-order valence-electron chi connectivity index (χ4n) is 3.18. The van der Waals surface area contributed by atoms with Gasteiger partial charge in [0, 0.05) is 31.5 Å². The zero-order valence-corrected chi connectivity index (χ0v) is 15.7. The summed E-state index contributed by atoms with van der Waals surface area (Å²) < 4.78 is 19.3. The molecule has 28 heavy (non-hydrogen) atoms. The molecule has 0 bridgehead atoms. The fourth-order valence-corrected chi connectivity index (χ4v) is 3.18. The molecule has 6 nitrogen and oxygen atoms in total. The lowest BCUT2D eigenvalue weighted by Crippen LogP contribution is -2.31. The van der Waals surface area contributed by atoms with Gasteiger partial charge in [-0.1, -0.05) is 18.2 Å². The van der Waals surface area contributed by atoms with Gasteiger partial charge in [0.1, 0.15) is 11.6 Å². The van der Waals surface area contributed by atoms with Crippen molar-refractivity contribution in [3.05, 3.63) is 65.0 Å². The average Bonchev–Trinajstić information content (AvgIpc) is 2.93. The summed E-state index contributed by atoms with van der Waals surface area (Å²) in [4.78, 5) is 37.1. The van der Waals surface area contributed by atoms with E-state index in [9.17, 15) is 18.8 Å². The molecule has 144 valence electrons. The molecule has 0 atom stereocenters. The zero-order chi connectivity index (χ0) is 20.4. The molecule has 1 N–H and O–H groups in total. The number of fused-ring (bicyclic) bond motifs is 1. The van der Waals surface area contributed by atoms with Crippen LogP contribution in [0.5, 0.6) is 0 Å². The summed E-state index contributed by atoms with van der Waals surface area (Å²) >= 11 is 0. The van der Waals surface area contributed by atoms with Gasteiger partial charge in [-0.25, -0.2) is 9.29 Å². The van der Waals surface area contributed by atoms with E-state index in [1.807, 2.05) is 6.07 Å². The Morgan fingerprint density at radius 2 is 1.89 bits per heavy atom. The molecule has 2 aromatic rings. The lowest BCUT2D eigenvalue weighted by atomic mass is 10.0. The molecule has 0 aromatic heterocycles. The highest BCUT2D eigenvalue weighted by molar-refractivity contribution is 6.42. The smallest absolute Gasteiger partial charge is 0.269 e. The van der Waals surface area contributed by atoms with Crippen molar-refractivity contribution in [1.82, 2.24) is 5.32 Å². The summed E-state index contributed by atoms with van der Waals surface area (Å²) in [6.07, 6.45) is 0. The molecule has 0 saturated carbocycles. The van der Waals surface area contributed by atoms with E-state index in [0.29, 0.717) is 17.7 Å². The van der Waals surface area contributed by atoms with Crippen molar-refractivity contribution in [1.29, 1.82) is 0 Å². The molecule has 0 aliphatic carbocycles. The Bertz CT molecular complexity index is 1010. The van der Waals surface area contributed by atoms with Gasteiger partial charge >= 0.3 is 0 Å². The minimum atomic E-state index is -0.572. The number of carbonyl (C=O) groups is 3. The van der Waals surface area contributed by atoms with E-state index in [0.717, 1.165) is 16.5 Å². The molecule has 7 heteroatoms. The number of nitrogens with zero attached hydrogens (tertiary/aromatic N) is 1. The number of benzene rings is 2. The summed E-state index contributed by atoms with van der Waals surface area (Å²) in [5, 5.41) is 2.71. The van der Waals surface area contributed by atoms with Gasteiger partial charge in [-0.3, -0.25) is 14.4 Å². The molecule has 0 saturated heterocycles. The molecule has 3 amide bonds. The first-order valence-electron chi connectivity index (χ1n) is 8.60. The van der Waals surface area contributed by atoms with Crippen LogP contribution in [0.4, 0.5) is 10.1 Å². The average molecular weight is 382 g/mol. The molecule has 0 unspecified atom stereocenters. The highest BCUT2D eigenvalue weighted by atomic mass is 19.1. The van der Waals surface area contributed by atoms with Crippen LogP contribution in [0.1, 0.15) is 30.5 Å². The summed E-state index contributed by atoms with van der Waals surface area (Å²) in [6.45, 7) is 3.00. The number of carbonyl (C=O) groups excluding carboxylic acids is 3. The molecule has 0 radical (unpaired) electrons. The molecule has 2 aromatic carbocycles. The fraction of sp³-hybridized carbons (Fsp3) is 0.190. The highest BCUT2D eigenvalue weighted by Crippen LogP contribution is 2.41. The second-order valence-corrected chi connectivity index (χ2v) is 6.34. The standard InChI is InChI=1S/C21H19FN2O4/c1-12(25)23-11-14-5-4-6-15(9-14)20(28-3)19-17-8-7-16(22)10-18(17)24(13(2)26)21(19)27/h4-10H,11H2,1-3H3,(H,23,25). The molecular formula is C21H19FN2O4. The first-order chi connectivity index (χ1) is 13.3. The third-order valence-electron chi connectivity index (χ3n) is 4.36. The van der Waals surface area contributed by atoms with Gasteiger partial charge in [0.15, 0.2) is 0 Å². The molecule has 1 heterocycles. The maximum atomic E-state index is 13.7. The van der Waals surface area contributed by atoms with Gasteiger partial charge in [0.05, 0.1) is 18.4 Å². The predicted octanol–water partition coefficient (Wildman–Crippen LogP) is 2.87. The van der Waals surface area contributed by atoms with Crippen LogP contribution < -0.4 is 10.2 Å². The van der Waals surface area contributed by atoms with Crippen molar-refractivity contribution in [3.63, 3.8) is 0 Å². The van der Waals surface area contributed by atoms with Crippen molar-refractivity contribution in [2.24, 2.45) is 0 Å². The summed E-state index contributed by atoms with van der Waals surface area (Å²) in [5.41, 5.74) is 2.22. The van der Waals surface area contributed by atoms with Crippen LogP contribution in [-0.2, 0) is 25.7 Å². The molecule has 0 fully saturated rings. The van der Waals surface area contributed by atoms with Crippen LogP contribution in [0, 0.1) is 5.82 Å². The number of nitrogens with one attached hydrogen (secondary N) is 1. The number of amides is 3. The second kappa shape index (κ2) is 7.64. The van der Waals surface area contributed by atoms with E-state index in [1.54, 1.807) is 18.2 Å². The molecular weight excluding hydrogens is 363 g/mol. The number of ether oxygens (including phenoxy) is 1. The van der Waals surface area contributed by atoms with E-state index in [1.165, 1.54) is 33.1 Å². The Labute approximate surface area is 161 Å². The number of halogens is 1. The number of anilines is 1. The zero-order valence-electron chi connectivity index (χ0n) is 15.7. The Kier molecular flexibility index (Phi) is 5.26. The van der Waals surface area contributed by atoms with Gasteiger partial charge in [0.25, 0.3) is 5.91 Å². The Hall–Kier alpha value is -3.48. The van der Waals surface area contributed by atoms with Gasteiger partial charge in [-0.15, -0.1) is 0 Å². The quantitative estimate of drug-likeness (QED) is 0.652. The SMILES string of the molecule is COC(=C1C(=O)N(C(C)=O)c2cc(F)ccc21)c1cccc(CNC(C)=O)c1. The van der Waals surface area contributed by atoms with Crippen LogP contribution in [-0.4, -0.2) is 24.8 Å². The molecule has 0 spiro atoms. The number of rotatable bonds is 4. The first-order valence-corrected chi connectivity index (χ1v) is 8.60. The van der Waals surface area contributed by atoms with E-state index >= 15 is 0 Å². The summed E-state index contributed by atoms with van der Waals surface area (Å²) in [7, 11) is 1.43. The molecule has 1 aliphatic heterocycles. The van der Waals surface area contributed by atoms with Gasteiger partial charge in [-0.2, -0.15) is 0 Å². The van der Waals surface area contributed by atoms with Crippen molar-refractivity contribution in [2.45, 2.75) is 20.4 Å². The van der Waals surface area contributed by atoms with Crippen molar-refractivity contribution >= 4 is 34.7 Å². The number of methoxy groups -OCH3 is 1. The second-order valence-electron chi connectivity index (χ2n) is 6.34. The maximum Gasteiger partial charge on any atom is 0.269 e.